The maximum Gasteiger partial charge on any atom is 0.251 e. The molecule has 34 heavy (non-hydrogen) atoms. The molecule has 2 N–H and O–H groups in total. The Balaban J connectivity index is 1.37. The Hall–Kier alpha value is -3.36. The summed E-state index contributed by atoms with van der Waals surface area (Å²) in [4.78, 5) is 30.6. The Labute approximate surface area is 207 Å². The molecule has 4 aromatic rings. The monoisotopic (exact) mass is 490 g/mol. The second kappa shape index (κ2) is 11.2. The van der Waals surface area contributed by atoms with Gasteiger partial charge in [0.15, 0.2) is 5.16 Å². The molecule has 2 aromatic heterocycles. The smallest absolute Gasteiger partial charge is 0.251 e. The molecular weight excluding hydrogens is 464 g/mol. The summed E-state index contributed by atoms with van der Waals surface area (Å²) < 4.78 is 1.88. The fourth-order valence-electron chi connectivity index (χ4n) is 3.35. The van der Waals surface area contributed by atoms with Crippen molar-refractivity contribution in [3.05, 3.63) is 94.4 Å². The Morgan fingerprint density at radius 2 is 1.91 bits per heavy atom. The molecule has 2 aromatic carbocycles. The predicted molar refractivity (Wildman–Crippen MR) is 139 cm³/mol. The number of amides is 2. The molecule has 2 amide bonds. The van der Waals surface area contributed by atoms with Gasteiger partial charge in [-0.2, -0.15) is 0 Å². The maximum absolute atomic E-state index is 12.6. The molecule has 0 unspecified atom stereocenters. The van der Waals surface area contributed by atoms with E-state index in [1.807, 2.05) is 70.7 Å². The van der Waals surface area contributed by atoms with E-state index in [0.717, 1.165) is 16.3 Å². The molecule has 0 saturated heterocycles. The highest BCUT2D eigenvalue weighted by molar-refractivity contribution is 7.99. The number of benzene rings is 2. The van der Waals surface area contributed by atoms with E-state index in [4.69, 9.17) is 0 Å². The zero-order valence-electron chi connectivity index (χ0n) is 19.0. The summed E-state index contributed by atoms with van der Waals surface area (Å²) in [6.07, 6.45) is 3.52. The summed E-state index contributed by atoms with van der Waals surface area (Å²) in [5, 5.41) is 8.55. The highest BCUT2D eigenvalue weighted by Gasteiger charge is 2.12. The third kappa shape index (κ3) is 6.15. The number of aromatic nitrogens is 2. The number of hydrogen-bond acceptors (Lipinski definition) is 5. The van der Waals surface area contributed by atoms with Gasteiger partial charge in [0.1, 0.15) is 0 Å². The normalized spacial score (nSPS) is 10.9. The van der Waals surface area contributed by atoms with Gasteiger partial charge in [-0.25, -0.2) is 4.98 Å². The van der Waals surface area contributed by atoms with Crippen molar-refractivity contribution in [3.63, 3.8) is 0 Å². The highest BCUT2D eigenvalue weighted by Crippen LogP contribution is 2.22. The SMILES string of the molecule is CC(C)c1ccc(NC(=O)CSc2nccn2-c2cccc(C(=O)NCc3cccs3)c2)cc1. The number of carbonyl (C=O) groups is 2. The van der Waals surface area contributed by atoms with Crippen LogP contribution in [0.1, 0.15) is 40.6 Å². The van der Waals surface area contributed by atoms with Gasteiger partial charge >= 0.3 is 0 Å². The molecule has 0 bridgehead atoms. The van der Waals surface area contributed by atoms with Crippen molar-refractivity contribution >= 4 is 40.6 Å². The number of rotatable bonds is 9. The van der Waals surface area contributed by atoms with Gasteiger partial charge in [-0.1, -0.05) is 49.9 Å². The third-order valence-electron chi connectivity index (χ3n) is 5.19. The maximum atomic E-state index is 12.6. The number of imidazole rings is 1. The molecule has 0 aliphatic carbocycles. The second-order valence-electron chi connectivity index (χ2n) is 8.01. The van der Waals surface area contributed by atoms with Crippen molar-refractivity contribution in [3.8, 4) is 5.69 Å². The van der Waals surface area contributed by atoms with E-state index in [0.29, 0.717) is 23.2 Å². The van der Waals surface area contributed by atoms with Crippen molar-refractivity contribution in [1.29, 1.82) is 0 Å². The van der Waals surface area contributed by atoms with Gasteiger partial charge in [0.2, 0.25) is 5.91 Å². The Bertz CT molecular complexity index is 1250. The van der Waals surface area contributed by atoms with Crippen molar-refractivity contribution in [1.82, 2.24) is 14.9 Å². The molecule has 6 nitrogen and oxygen atoms in total. The highest BCUT2D eigenvalue weighted by atomic mass is 32.2. The van der Waals surface area contributed by atoms with Crippen LogP contribution in [0.25, 0.3) is 5.69 Å². The molecule has 0 aliphatic heterocycles. The van der Waals surface area contributed by atoms with Crippen molar-refractivity contribution in [2.75, 3.05) is 11.1 Å². The molecule has 0 spiro atoms. The number of thioether (sulfide) groups is 1. The standard InChI is InChI=1S/C26H26N4O2S2/c1-18(2)19-8-10-21(11-9-19)29-24(31)17-34-26-27-12-13-30(26)22-6-3-5-20(15-22)25(32)28-16-23-7-4-14-33-23/h3-15,18H,16-17H2,1-2H3,(H,28,32)(H,29,31). The number of nitrogens with one attached hydrogen (secondary N) is 2. The van der Waals surface area contributed by atoms with E-state index in [2.05, 4.69) is 29.5 Å². The van der Waals surface area contributed by atoms with Crippen LogP contribution in [-0.2, 0) is 11.3 Å². The Morgan fingerprint density at radius 1 is 1.09 bits per heavy atom. The van der Waals surface area contributed by atoms with E-state index in [-0.39, 0.29) is 17.6 Å². The lowest BCUT2D eigenvalue weighted by Gasteiger charge is -2.10. The van der Waals surface area contributed by atoms with Crippen LogP contribution in [0.3, 0.4) is 0 Å². The van der Waals surface area contributed by atoms with Crippen LogP contribution in [0.4, 0.5) is 5.69 Å². The van der Waals surface area contributed by atoms with Crippen LogP contribution in [0.5, 0.6) is 0 Å². The molecular formula is C26H26N4O2S2. The number of hydrogen-bond donors (Lipinski definition) is 2. The van der Waals surface area contributed by atoms with Crippen LogP contribution in [0, 0.1) is 0 Å². The first-order valence-electron chi connectivity index (χ1n) is 11.0. The zero-order chi connectivity index (χ0) is 23.9. The number of thiophene rings is 1. The molecule has 0 aliphatic rings. The molecule has 0 saturated carbocycles. The summed E-state index contributed by atoms with van der Waals surface area (Å²) >= 11 is 2.96. The molecule has 4 rings (SSSR count). The Kier molecular flexibility index (Phi) is 7.82. The molecule has 0 fully saturated rings. The largest absolute Gasteiger partial charge is 0.347 e. The van der Waals surface area contributed by atoms with E-state index in [1.165, 1.54) is 17.3 Å². The van der Waals surface area contributed by atoms with E-state index < -0.39 is 0 Å². The van der Waals surface area contributed by atoms with Gasteiger partial charge in [-0.3, -0.25) is 14.2 Å². The van der Waals surface area contributed by atoms with Crippen LogP contribution < -0.4 is 10.6 Å². The van der Waals surface area contributed by atoms with Gasteiger partial charge in [-0.05, 0) is 53.3 Å². The van der Waals surface area contributed by atoms with E-state index in [1.54, 1.807) is 23.6 Å². The number of nitrogens with zero attached hydrogens (tertiary/aromatic N) is 2. The van der Waals surface area contributed by atoms with E-state index >= 15 is 0 Å². The minimum Gasteiger partial charge on any atom is -0.347 e. The lowest BCUT2D eigenvalue weighted by Crippen LogP contribution is -2.22. The summed E-state index contributed by atoms with van der Waals surface area (Å²) in [7, 11) is 0. The first-order chi connectivity index (χ1) is 16.5. The molecule has 8 heteroatoms. The second-order valence-corrected chi connectivity index (χ2v) is 9.98. The summed E-state index contributed by atoms with van der Waals surface area (Å²) in [6, 6.07) is 19.2. The molecule has 0 radical (unpaired) electrons. The minimum absolute atomic E-state index is 0.0986. The average Bonchev–Trinajstić information content (AvgIpc) is 3.54. The first kappa shape index (κ1) is 23.8. The number of carbonyl (C=O) groups excluding carboxylic acids is 2. The number of anilines is 1. The van der Waals surface area contributed by atoms with Gasteiger partial charge in [0.05, 0.1) is 12.3 Å². The zero-order valence-corrected chi connectivity index (χ0v) is 20.7. The Morgan fingerprint density at radius 3 is 2.65 bits per heavy atom. The van der Waals surface area contributed by atoms with Gasteiger partial charge in [0.25, 0.3) is 5.91 Å². The van der Waals surface area contributed by atoms with Gasteiger partial charge in [-0.15, -0.1) is 11.3 Å². The lowest BCUT2D eigenvalue weighted by molar-refractivity contribution is -0.113. The minimum atomic E-state index is -0.132. The first-order valence-corrected chi connectivity index (χ1v) is 12.8. The topological polar surface area (TPSA) is 76.0 Å². The van der Waals surface area contributed by atoms with Crippen LogP contribution in [0.15, 0.2) is 83.6 Å². The molecule has 174 valence electrons. The van der Waals surface area contributed by atoms with Gasteiger partial charge < -0.3 is 10.6 Å². The van der Waals surface area contributed by atoms with Crippen molar-refractivity contribution in [2.45, 2.75) is 31.5 Å². The summed E-state index contributed by atoms with van der Waals surface area (Å²) in [6.45, 7) is 4.78. The van der Waals surface area contributed by atoms with Gasteiger partial charge in [0, 0.05) is 34.2 Å². The summed E-state index contributed by atoms with van der Waals surface area (Å²) in [5.74, 6) is 0.444. The van der Waals surface area contributed by atoms with Crippen LogP contribution in [0.2, 0.25) is 0 Å². The molecule has 0 atom stereocenters. The van der Waals surface area contributed by atoms with Crippen LogP contribution >= 0.6 is 23.1 Å². The fraction of sp³-hybridized carbons (Fsp3) is 0.192. The van der Waals surface area contributed by atoms with E-state index in [9.17, 15) is 9.59 Å². The lowest BCUT2D eigenvalue weighted by atomic mass is 10.0. The van der Waals surface area contributed by atoms with Crippen molar-refractivity contribution in [2.24, 2.45) is 0 Å². The summed E-state index contributed by atoms with van der Waals surface area (Å²) in [5.41, 5.74) is 3.39. The predicted octanol–water partition coefficient (Wildman–Crippen LogP) is 5.72. The average molecular weight is 491 g/mol. The van der Waals surface area contributed by atoms with Crippen molar-refractivity contribution < 1.29 is 9.59 Å². The quantitative estimate of drug-likeness (QED) is 0.294. The third-order valence-corrected chi connectivity index (χ3v) is 7.03. The molecule has 2 heterocycles. The fourth-order valence-corrected chi connectivity index (χ4v) is 4.77. The van der Waals surface area contributed by atoms with Crippen LogP contribution in [-0.4, -0.2) is 27.1 Å².